The molecule has 0 spiro atoms. The largest absolute Gasteiger partial charge is 0.444 e. The predicted molar refractivity (Wildman–Crippen MR) is 127 cm³/mol. The van der Waals surface area contributed by atoms with Gasteiger partial charge in [-0.15, -0.1) is 0 Å². The number of alkyl carbamates (subject to hydrolysis) is 1. The van der Waals surface area contributed by atoms with E-state index < -0.39 is 24.9 Å². The van der Waals surface area contributed by atoms with Crippen LogP contribution in [-0.2, 0) is 4.74 Å². The number of hydrogen-bond donors (Lipinski definition) is 2. The molecule has 0 aliphatic carbocycles. The van der Waals surface area contributed by atoms with Crippen LogP contribution in [-0.4, -0.2) is 53.8 Å². The van der Waals surface area contributed by atoms with Crippen LogP contribution in [0.1, 0.15) is 54.4 Å². The topological polar surface area (TPSA) is 118 Å². The van der Waals surface area contributed by atoms with Gasteiger partial charge < -0.3 is 19.7 Å². The second kappa shape index (κ2) is 9.74. The third-order valence-corrected chi connectivity index (χ3v) is 10.7. The van der Waals surface area contributed by atoms with E-state index in [1.807, 2.05) is 32.2 Å². The van der Waals surface area contributed by atoms with E-state index in [0.29, 0.717) is 18.8 Å². The number of anilines is 1. The molecule has 1 saturated heterocycles. The molecule has 10 heteroatoms. The Morgan fingerprint density at radius 2 is 2.00 bits per heavy atom. The van der Waals surface area contributed by atoms with Gasteiger partial charge in [0.1, 0.15) is 17.5 Å². The van der Waals surface area contributed by atoms with Crippen molar-refractivity contribution in [3.63, 3.8) is 0 Å². The molecule has 0 saturated carbocycles. The van der Waals surface area contributed by atoms with E-state index in [-0.39, 0.29) is 22.7 Å². The average molecular weight is 467 g/mol. The third-order valence-electron chi connectivity index (χ3n) is 6.23. The quantitative estimate of drug-likeness (QED) is 0.361. The molecule has 2 N–H and O–H groups in total. The van der Waals surface area contributed by atoms with Gasteiger partial charge in [0.15, 0.2) is 8.32 Å². The predicted octanol–water partition coefficient (Wildman–Crippen LogP) is 4.47. The molecule has 2 heterocycles. The number of piperidine rings is 1. The maximum Gasteiger partial charge on any atom is 0.407 e. The van der Waals surface area contributed by atoms with Crippen molar-refractivity contribution >= 4 is 25.8 Å². The van der Waals surface area contributed by atoms with E-state index in [1.165, 1.54) is 6.20 Å². The Hall–Kier alpha value is -2.20. The van der Waals surface area contributed by atoms with E-state index in [9.17, 15) is 19.7 Å². The van der Waals surface area contributed by atoms with Gasteiger partial charge in [0, 0.05) is 19.3 Å². The van der Waals surface area contributed by atoms with Crippen molar-refractivity contribution < 1.29 is 19.3 Å². The van der Waals surface area contributed by atoms with Crippen LogP contribution in [0.15, 0.2) is 18.5 Å². The zero-order chi connectivity index (χ0) is 24.3. The van der Waals surface area contributed by atoms with E-state index in [1.54, 1.807) is 12.3 Å². The standard InChI is InChI=1S/C22H38N4O5Si/c1-21(2,3)31-20(27)24-17-12-16(9-11-32(7,30)22(4,5)6)14-25(15-17)18-8-10-23-13-19(18)26(28)29/h8,10,13,16-17,30H,9,11-12,14-15H2,1-7H3,(H,24,27). The Morgan fingerprint density at radius 3 is 2.56 bits per heavy atom. The van der Waals surface area contributed by atoms with E-state index in [0.717, 1.165) is 18.9 Å². The Kier molecular flexibility index (Phi) is 7.93. The lowest BCUT2D eigenvalue weighted by Gasteiger charge is -2.41. The summed E-state index contributed by atoms with van der Waals surface area (Å²) in [7, 11) is -2.45. The highest BCUT2D eigenvalue weighted by Crippen LogP contribution is 2.39. The second-order valence-corrected chi connectivity index (χ2v) is 15.6. The Morgan fingerprint density at radius 1 is 1.34 bits per heavy atom. The van der Waals surface area contributed by atoms with Crippen LogP contribution in [0.4, 0.5) is 16.2 Å². The van der Waals surface area contributed by atoms with Gasteiger partial charge in [0.05, 0.1) is 11.0 Å². The molecule has 1 aromatic heterocycles. The van der Waals surface area contributed by atoms with Crippen LogP contribution < -0.4 is 10.2 Å². The third kappa shape index (κ3) is 7.16. The number of ether oxygens (including phenoxy) is 1. The van der Waals surface area contributed by atoms with Gasteiger partial charge in [-0.1, -0.05) is 20.8 Å². The van der Waals surface area contributed by atoms with Gasteiger partial charge in [0.25, 0.3) is 0 Å². The molecular formula is C22H38N4O5Si. The number of amides is 1. The molecule has 180 valence electrons. The van der Waals surface area contributed by atoms with Crippen molar-refractivity contribution in [1.82, 2.24) is 10.3 Å². The molecule has 9 nitrogen and oxygen atoms in total. The molecule has 2 rings (SSSR count). The van der Waals surface area contributed by atoms with Gasteiger partial charge in [-0.3, -0.25) is 15.1 Å². The number of hydrogen-bond acceptors (Lipinski definition) is 7. The number of nitrogens with zero attached hydrogens (tertiary/aromatic N) is 3. The minimum absolute atomic E-state index is 0.0553. The smallest absolute Gasteiger partial charge is 0.407 e. The Balaban J connectivity index is 2.23. The molecule has 1 aliphatic heterocycles. The zero-order valence-electron chi connectivity index (χ0n) is 20.3. The fourth-order valence-electron chi connectivity index (χ4n) is 3.84. The lowest BCUT2D eigenvalue weighted by Crippen LogP contribution is -2.52. The molecule has 1 fully saturated rings. The second-order valence-electron chi connectivity index (χ2n) is 11.0. The number of nitrogens with one attached hydrogen (secondary N) is 1. The fourth-order valence-corrected chi connectivity index (χ4v) is 5.56. The summed E-state index contributed by atoms with van der Waals surface area (Å²) in [5.41, 5.74) is -0.176. The lowest BCUT2D eigenvalue weighted by atomic mass is 9.91. The molecule has 0 aromatic carbocycles. The fraction of sp³-hybridized carbons (Fsp3) is 0.727. The minimum atomic E-state index is -2.45. The molecule has 1 aliphatic rings. The molecule has 3 unspecified atom stereocenters. The zero-order valence-corrected chi connectivity index (χ0v) is 21.3. The summed E-state index contributed by atoms with van der Waals surface area (Å²) in [6, 6.07) is 2.15. The summed E-state index contributed by atoms with van der Waals surface area (Å²) in [5, 5.41) is 14.4. The molecule has 0 bridgehead atoms. The van der Waals surface area contributed by atoms with Crippen LogP contribution in [0, 0.1) is 16.0 Å². The van der Waals surface area contributed by atoms with Crippen molar-refractivity contribution in [1.29, 1.82) is 0 Å². The molecule has 32 heavy (non-hydrogen) atoms. The molecule has 3 atom stereocenters. The van der Waals surface area contributed by atoms with Gasteiger partial charge >= 0.3 is 11.8 Å². The summed E-state index contributed by atoms with van der Waals surface area (Å²) in [4.78, 5) is 40.4. The Bertz CT molecular complexity index is 819. The van der Waals surface area contributed by atoms with E-state index in [2.05, 4.69) is 31.1 Å². The molecule has 1 aromatic rings. The van der Waals surface area contributed by atoms with Gasteiger partial charge in [-0.05, 0) is 63.2 Å². The first-order valence-corrected chi connectivity index (χ1v) is 13.8. The highest BCUT2D eigenvalue weighted by atomic mass is 28.4. The van der Waals surface area contributed by atoms with Crippen molar-refractivity contribution in [2.45, 2.75) is 83.7 Å². The number of nitro groups is 1. The van der Waals surface area contributed by atoms with Gasteiger partial charge in [-0.25, -0.2) is 4.79 Å². The number of rotatable bonds is 6. The average Bonchev–Trinajstić information content (AvgIpc) is 2.63. The van der Waals surface area contributed by atoms with Crippen LogP contribution in [0.3, 0.4) is 0 Å². The summed E-state index contributed by atoms with van der Waals surface area (Å²) in [5.74, 6) is 0.165. The molecule has 1 amide bonds. The monoisotopic (exact) mass is 466 g/mol. The van der Waals surface area contributed by atoms with Crippen LogP contribution >= 0.6 is 0 Å². The van der Waals surface area contributed by atoms with Crippen molar-refractivity contribution in [2.24, 2.45) is 5.92 Å². The highest BCUT2D eigenvalue weighted by Gasteiger charge is 2.40. The maximum atomic E-state index is 12.4. The first-order valence-electron chi connectivity index (χ1n) is 11.1. The number of pyridine rings is 1. The summed E-state index contributed by atoms with van der Waals surface area (Å²) in [6.07, 6.45) is 3.82. The summed E-state index contributed by atoms with van der Waals surface area (Å²) < 4.78 is 5.42. The maximum absolute atomic E-state index is 12.4. The normalized spacial score (nSPS) is 21.6. The number of carbonyl (C=O) groups is 1. The molecular weight excluding hydrogens is 428 g/mol. The van der Waals surface area contributed by atoms with E-state index >= 15 is 0 Å². The van der Waals surface area contributed by atoms with Gasteiger partial charge in [0.2, 0.25) is 0 Å². The van der Waals surface area contributed by atoms with Crippen LogP contribution in [0.2, 0.25) is 17.6 Å². The van der Waals surface area contributed by atoms with Crippen LogP contribution in [0.5, 0.6) is 0 Å². The van der Waals surface area contributed by atoms with Gasteiger partial charge in [-0.2, -0.15) is 0 Å². The molecule has 0 radical (unpaired) electrons. The first kappa shape index (κ1) is 26.1. The summed E-state index contributed by atoms with van der Waals surface area (Å²) >= 11 is 0. The van der Waals surface area contributed by atoms with Crippen molar-refractivity contribution in [2.75, 3.05) is 18.0 Å². The SMILES string of the molecule is CC(C)(C)OC(=O)NC1CC(CC[Si](C)(O)C(C)(C)C)CN(c2ccncc2[N+](=O)[O-])C1. The van der Waals surface area contributed by atoms with Crippen molar-refractivity contribution in [3.05, 3.63) is 28.6 Å². The van der Waals surface area contributed by atoms with Crippen LogP contribution in [0.25, 0.3) is 0 Å². The highest BCUT2D eigenvalue weighted by molar-refractivity contribution is 6.74. The number of carbonyl (C=O) groups excluding carboxylic acids is 1. The summed E-state index contributed by atoms with van der Waals surface area (Å²) in [6.45, 7) is 14.7. The first-order chi connectivity index (χ1) is 14.6. The van der Waals surface area contributed by atoms with E-state index in [4.69, 9.17) is 4.74 Å². The lowest BCUT2D eigenvalue weighted by molar-refractivity contribution is -0.384. The van der Waals surface area contributed by atoms with Crippen molar-refractivity contribution in [3.8, 4) is 0 Å². The minimum Gasteiger partial charge on any atom is -0.444 e. The Labute approximate surface area is 191 Å². The number of aromatic nitrogens is 1.